The average Bonchev–Trinajstić information content (AvgIpc) is 3.45. The molecule has 2 aromatic heterocycles. The van der Waals surface area contributed by atoms with Crippen LogP contribution in [-0.2, 0) is 0 Å². The van der Waals surface area contributed by atoms with Crippen molar-refractivity contribution in [3.63, 3.8) is 0 Å². The van der Waals surface area contributed by atoms with Crippen molar-refractivity contribution in [2.24, 2.45) is 11.8 Å². The lowest BCUT2D eigenvalue weighted by Crippen LogP contribution is -2.60. The molecule has 1 N–H and O–H groups in total. The topological polar surface area (TPSA) is 52.2 Å². The molecule has 3 saturated heterocycles. The van der Waals surface area contributed by atoms with Crippen LogP contribution in [0, 0.1) is 11.8 Å². The molecule has 1 amide bonds. The van der Waals surface area contributed by atoms with Gasteiger partial charge in [0.05, 0.1) is 16.6 Å². The molecule has 6 rings (SSSR count). The van der Waals surface area contributed by atoms with Gasteiger partial charge in [-0.15, -0.1) is 11.3 Å². The quantitative estimate of drug-likeness (QED) is 0.759. The number of amides is 1. The Kier molecular flexibility index (Phi) is 4.38. The number of carbonyl (C=O) groups excluding carboxylic acids is 1. The van der Waals surface area contributed by atoms with E-state index < -0.39 is 0 Å². The van der Waals surface area contributed by atoms with Crippen LogP contribution >= 0.6 is 11.3 Å². The van der Waals surface area contributed by atoms with Crippen molar-refractivity contribution in [2.45, 2.75) is 50.6 Å². The Morgan fingerprint density at radius 3 is 3.10 bits per heavy atom. The Hall–Kier alpha value is -1.92. The van der Waals surface area contributed by atoms with Gasteiger partial charge in [0, 0.05) is 19.1 Å². The second-order valence-electron chi connectivity index (χ2n) is 9.15. The first-order valence-corrected chi connectivity index (χ1v) is 12.0. The van der Waals surface area contributed by atoms with Gasteiger partial charge in [0.25, 0.3) is 5.91 Å². The summed E-state index contributed by atoms with van der Waals surface area (Å²) in [6, 6.07) is 7.04. The first kappa shape index (κ1) is 17.9. The smallest absolute Gasteiger partial charge is 0.274 e. The standard InChI is InChI=1S/C23H28N4OS/c28-23(19-13-18(24-25-19)21-7-4-10-29-21)27-9-3-5-15-11-16-12-17(22(15)27)14-26-8-2-1-6-20(16)26/h4,7,10-11,13,16-17,20,22H,1-3,5-6,8-9,12,14H2,(H,24,25)/t16-,17+,20-,22-/m0/s1. The Labute approximate surface area is 175 Å². The molecule has 0 aromatic carbocycles. The van der Waals surface area contributed by atoms with Crippen molar-refractivity contribution in [1.82, 2.24) is 20.0 Å². The van der Waals surface area contributed by atoms with E-state index in [4.69, 9.17) is 0 Å². The van der Waals surface area contributed by atoms with Gasteiger partial charge in [0.1, 0.15) is 0 Å². The number of aromatic nitrogens is 2. The van der Waals surface area contributed by atoms with Crippen molar-refractivity contribution in [3.05, 3.63) is 40.9 Å². The fourth-order valence-corrected chi connectivity index (χ4v) is 7.03. The highest BCUT2D eigenvalue weighted by Crippen LogP contribution is 2.45. The van der Waals surface area contributed by atoms with E-state index >= 15 is 0 Å². The maximum absolute atomic E-state index is 13.5. The molecule has 5 heterocycles. The largest absolute Gasteiger partial charge is 0.330 e. The predicted octanol–water partition coefficient (Wildman–Crippen LogP) is 4.17. The summed E-state index contributed by atoms with van der Waals surface area (Å²) in [5.74, 6) is 1.37. The summed E-state index contributed by atoms with van der Waals surface area (Å²) in [6.07, 6.45) is 10.1. The van der Waals surface area contributed by atoms with Crippen molar-refractivity contribution in [3.8, 4) is 10.6 Å². The number of likely N-dealkylation sites (tertiary alicyclic amines) is 1. The van der Waals surface area contributed by atoms with Crippen LogP contribution in [0.3, 0.4) is 0 Å². The van der Waals surface area contributed by atoms with Gasteiger partial charge < -0.3 is 4.90 Å². The molecule has 2 aromatic rings. The third-order valence-corrected chi connectivity index (χ3v) is 8.40. The molecule has 0 spiro atoms. The molecule has 152 valence electrons. The van der Waals surface area contributed by atoms with Gasteiger partial charge in [-0.1, -0.05) is 24.1 Å². The van der Waals surface area contributed by atoms with Gasteiger partial charge in [-0.3, -0.25) is 14.8 Å². The van der Waals surface area contributed by atoms with Crippen molar-refractivity contribution in [2.75, 3.05) is 19.6 Å². The van der Waals surface area contributed by atoms with Crippen LogP contribution in [-0.4, -0.2) is 57.6 Å². The van der Waals surface area contributed by atoms with Crippen molar-refractivity contribution in [1.29, 1.82) is 0 Å². The molecule has 0 unspecified atom stereocenters. The van der Waals surface area contributed by atoms with Gasteiger partial charge >= 0.3 is 0 Å². The fourth-order valence-electron chi connectivity index (χ4n) is 6.34. The molecule has 3 fully saturated rings. The zero-order valence-electron chi connectivity index (χ0n) is 16.7. The number of hydrogen-bond donors (Lipinski definition) is 1. The summed E-state index contributed by atoms with van der Waals surface area (Å²) >= 11 is 1.67. The molecule has 4 atom stereocenters. The molecule has 4 aliphatic rings. The van der Waals surface area contributed by atoms with Crippen LogP contribution in [0.15, 0.2) is 35.2 Å². The third-order valence-electron chi connectivity index (χ3n) is 7.50. The molecule has 6 heteroatoms. The highest BCUT2D eigenvalue weighted by molar-refractivity contribution is 7.13. The number of thiophene rings is 1. The summed E-state index contributed by atoms with van der Waals surface area (Å²) in [7, 11) is 0. The monoisotopic (exact) mass is 408 g/mol. The predicted molar refractivity (Wildman–Crippen MR) is 115 cm³/mol. The number of nitrogens with zero attached hydrogens (tertiary/aromatic N) is 3. The van der Waals surface area contributed by atoms with Crippen LogP contribution in [0.2, 0.25) is 0 Å². The molecule has 5 nitrogen and oxygen atoms in total. The number of carbonyl (C=O) groups is 1. The fraction of sp³-hybridized carbons (Fsp3) is 0.565. The van der Waals surface area contributed by atoms with E-state index in [0.717, 1.165) is 42.5 Å². The average molecular weight is 409 g/mol. The summed E-state index contributed by atoms with van der Waals surface area (Å²) in [5, 5.41) is 9.51. The number of hydrogen-bond acceptors (Lipinski definition) is 4. The van der Waals surface area contributed by atoms with Gasteiger partial charge in [-0.25, -0.2) is 0 Å². The normalized spacial score (nSPS) is 31.7. The lowest BCUT2D eigenvalue weighted by Gasteiger charge is -2.54. The highest BCUT2D eigenvalue weighted by atomic mass is 32.1. The number of nitrogens with one attached hydrogen (secondary N) is 1. The number of rotatable bonds is 2. The molecule has 0 saturated carbocycles. The molecule has 3 aliphatic heterocycles. The van der Waals surface area contributed by atoms with Gasteiger partial charge in [-0.05, 0) is 68.0 Å². The summed E-state index contributed by atoms with van der Waals surface area (Å²) in [4.78, 5) is 19.5. The maximum atomic E-state index is 13.5. The van der Waals surface area contributed by atoms with E-state index in [1.165, 1.54) is 37.8 Å². The lowest BCUT2D eigenvalue weighted by molar-refractivity contribution is 0.00131. The van der Waals surface area contributed by atoms with E-state index in [1.807, 2.05) is 12.1 Å². The van der Waals surface area contributed by atoms with Crippen LogP contribution < -0.4 is 0 Å². The SMILES string of the molecule is O=C(c1cc(-c2cccs2)[nH]n1)N1CCCC2=C[C@H]3C[C@H](CN4CCCC[C@@H]34)[C@H]21. The van der Waals surface area contributed by atoms with Crippen LogP contribution in [0.5, 0.6) is 0 Å². The van der Waals surface area contributed by atoms with Gasteiger partial charge in [0.15, 0.2) is 5.69 Å². The third kappa shape index (κ3) is 2.99. The summed E-state index contributed by atoms with van der Waals surface area (Å²) < 4.78 is 0. The van der Waals surface area contributed by atoms with Crippen molar-refractivity contribution >= 4 is 17.2 Å². The summed E-state index contributed by atoms with van der Waals surface area (Å²) in [5.41, 5.74) is 3.03. The minimum absolute atomic E-state index is 0.0962. The maximum Gasteiger partial charge on any atom is 0.274 e. The Morgan fingerprint density at radius 2 is 2.21 bits per heavy atom. The molecule has 2 bridgehead atoms. The lowest BCUT2D eigenvalue weighted by atomic mass is 9.68. The zero-order valence-corrected chi connectivity index (χ0v) is 17.5. The van der Waals surface area contributed by atoms with Crippen molar-refractivity contribution < 1.29 is 4.79 Å². The Bertz CT molecular complexity index is 933. The first-order valence-electron chi connectivity index (χ1n) is 11.1. The zero-order chi connectivity index (χ0) is 19.4. The number of H-pyrrole nitrogens is 1. The van der Waals surface area contributed by atoms with E-state index in [1.54, 1.807) is 11.3 Å². The van der Waals surface area contributed by atoms with Crippen LogP contribution in [0.4, 0.5) is 0 Å². The highest BCUT2D eigenvalue weighted by Gasteiger charge is 2.47. The van der Waals surface area contributed by atoms with Gasteiger partial charge in [-0.2, -0.15) is 5.10 Å². The van der Waals surface area contributed by atoms with E-state index in [2.05, 4.69) is 37.5 Å². The molecular weight excluding hydrogens is 380 g/mol. The van der Waals surface area contributed by atoms with E-state index in [9.17, 15) is 4.79 Å². The minimum Gasteiger partial charge on any atom is -0.330 e. The number of piperidine rings is 3. The molecular formula is C23H28N4OS. The van der Waals surface area contributed by atoms with E-state index in [-0.39, 0.29) is 11.9 Å². The molecule has 0 radical (unpaired) electrons. The first-order chi connectivity index (χ1) is 14.3. The molecule has 29 heavy (non-hydrogen) atoms. The Morgan fingerprint density at radius 1 is 1.24 bits per heavy atom. The summed E-state index contributed by atoms with van der Waals surface area (Å²) in [6.45, 7) is 3.26. The van der Waals surface area contributed by atoms with E-state index in [0.29, 0.717) is 17.5 Å². The molecule has 1 aliphatic carbocycles. The number of aromatic amines is 1. The van der Waals surface area contributed by atoms with Gasteiger partial charge in [0.2, 0.25) is 0 Å². The Balaban J connectivity index is 1.29. The van der Waals surface area contributed by atoms with Crippen LogP contribution in [0.1, 0.15) is 49.0 Å². The second kappa shape index (κ2) is 7.10. The van der Waals surface area contributed by atoms with Crippen LogP contribution in [0.25, 0.3) is 10.6 Å². The second-order valence-corrected chi connectivity index (χ2v) is 10.1. The number of fused-ring (bicyclic) bond motifs is 6. The minimum atomic E-state index is 0.0962.